The summed E-state index contributed by atoms with van der Waals surface area (Å²) in [7, 11) is 0. The molecule has 5 fully saturated rings. The fraction of sp³-hybridized carbons (Fsp3) is 0.477. The number of anilines is 2. The van der Waals surface area contributed by atoms with Gasteiger partial charge in [-0.3, -0.25) is 4.79 Å². The normalized spacial score (nSPS) is 25.4. The van der Waals surface area contributed by atoms with Crippen LogP contribution in [0, 0.1) is 13.8 Å². The first kappa shape index (κ1) is 40.9. The van der Waals surface area contributed by atoms with Crippen molar-refractivity contribution in [3.8, 4) is 11.5 Å². The van der Waals surface area contributed by atoms with Gasteiger partial charge in [0.05, 0.1) is 35.5 Å². The number of aldehydes is 1. The van der Waals surface area contributed by atoms with Crippen molar-refractivity contribution >= 4 is 17.9 Å². The number of halogens is 6. The van der Waals surface area contributed by atoms with E-state index in [4.69, 9.17) is 18.9 Å². The molecule has 0 spiro atoms. The van der Waals surface area contributed by atoms with Crippen LogP contribution in [0.3, 0.4) is 0 Å². The first-order valence-corrected chi connectivity index (χ1v) is 20.1. The highest BCUT2D eigenvalue weighted by molar-refractivity contribution is 5.79. The second kappa shape index (κ2) is 16.6. The van der Waals surface area contributed by atoms with E-state index in [1.807, 2.05) is 44.2 Å². The van der Waals surface area contributed by atoms with E-state index < -0.39 is 29.8 Å². The number of aryl methyl sites for hydroxylation is 2. The van der Waals surface area contributed by atoms with E-state index >= 15 is 0 Å². The zero-order chi connectivity index (χ0) is 41.5. The number of fused-ring (bicyclic) bond motifs is 4. The van der Waals surface area contributed by atoms with Gasteiger partial charge in [-0.25, -0.2) is 9.97 Å². The highest BCUT2D eigenvalue weighted by Gasteiger charge is 2.44. The summed E-state index contributed by atoms with van der Waals surface area (Å²) in [5.41, 5.74) is 2.12. The van der Waals surface area contributed by atoms with Gasteiger partial charge in [-0.2, -0.15) is 26.3 Å². The molecule has 9 rings (SSSR count). The number of carbonyl (C=O) groups is 1. The average molecular weight is 825 g/mol. The van der Waals surface area contributed by atoms with Crippen LogP contribution in [0.15, 0.2) is 73.1 Å². The minimum Gasteiger partial charge on any atom is -0.490 e. The quantitative estimate of drug-likeness (QED) is 0.127. The molecule has 59 heavy (non-hydrogen) atoms. The monoisotopic (exact) mass is 824 g/mol. The summed E-state index contributed by atoms with van der Waals surface area (Å²) in [4.78, 5) is 23.8. The van der Waals surface area contributed by atoms with Crippen molar-refractivity contribution in [1.29, 1.82) is 0 Å². The van der Waals surface area contributed by atoms with E-state index in [1.165, 1.54) is 12.1 Å². The van der Waals surface area contributed by atoms with E-state index in [0.717, 1.165) is 105 Å². The van der Waals surface area contributed by atoms with Crippen LogP contribution in [0.25, 0.3) is 0 Å². The van der Waals surface area contributed by atoms with Crippen LogP contribution in [0.4, 0.5) is 38.0 Å². The maximum atomic E-state index is 12.9. The molecule has 0 saturated carbocycles. The molecule has 314 valence electrons. The maximum absolute atomic E-state index is 12.9. The van der Waals surface area contributed by atoms with Crippen LogP contribution >= 0.6 is 0 Å². The van der Waals surface area contributed by atoms with Gasteiger partial charge in [-0.05, 0) is 88.1 Å². The first-order valence-electron chi connectivity index (χ1n) is 20.1. The van der Waals surface area contributed by atoms with Gasteiger partial charge < -0.3 is 28.7 Å². The van der Waals surface area contributed by atoms with Crippen molar-refractivity contribution in [2.75, 3.05) is 23.0 Å². The number of hydrogen-bond acceptors (Lipinski definition) is 9. The van der Waals surface area contributed by atoms with Crippen molar-refractivity contribution in [3.63, 3.8) is 0 Å². The Balaban J connectivity index is 0.000000165. The molecule has 15 heteroatoms. The summed E-state index contributed by atoms with van der Waals surface area (Å²) in [6.07, 6.45) is 0.512. The van der Waals surface area contributed by atoms with Crippen LogP contribution in [0.2, 0.25) is 0 Å². The standard InChI is InChI=1S/C23H25F3N2O3.C21H21F3N2O2/c1-14-2-6-20(19(10-14)22-29-8-9-30-22)31-18-11-16-4-5-17(12-18)28(16)21-7-3-15(13-27-21)23(24,25)26;1-13-2-6-19(14(8-13)12-27)28-18-9-16-4-5-17(10-18)26(16)20-7-3-15(11-25-20)21(22,23)24/h2-3,6-7,10,13,16-18,22H,4-5,8-9,11-12H2,1H3;2-3,6-8,11-12,16-18H,4-5,9-10H2,1H3/t2*16-,17+,18?. The molecule has 5 aliphatic heterocycles. The Morgan fingerprint density at radius 1 is 0.627 bits per heavy atom. The number of rotatable bonds is 8. The van der Waals surface area contributed by atoms with Gasteiger partial charge in [0.1, 0.15) is 35.3 Å². The van der Waals surface area contributed by atoms with Crippen molar-refractivity contribution in [2.45, 2.75) is 120 Å². The fourth-order valence-corrected chi connectivity index (χ4v) is 9.33. The van der Waals surface area contributed by atoms with Gasteiger partial charge in [0.2, 0.25) is 0 Å². The van der Waals surface area contributed by atoms with Crippen LogP contribution in [0.5, 0.6) is 11.5 Å². The molecular weight excluding hydrogens is 778 g/mol. The Morgan fingerprint density at radius 2 is 1.07 bits per heavy atom. The lowest BCUT2D eigenvalue weighted by atomic mass is 9.99. The predicted octanol–water partition coefficient (Wildman–Crippen LogP) is 9.83. The van der Waals surface area contributed by atoms with Gasteiger partial charge in [0.15, 0.2) is 12.6 Å². The van der Waals surface area contributed by atoms with E-state index in [2.05, 4.69) is 19.8 Å². The molecule has 2 unspecified atom stereocenters. The molecule has 4 bridgehead atoms. The summed E-state index contributed by atoms with van der Waals surface area (Å²) >= 11 is 0. The molecule has 5 aliphatic rings. The molecule has 2 aromatic heterocycles. The summed E-state index contributed by atoms with van der Waals surface area (Å²) in [5, 5.41) is 0. The fourth-order valence-electron chi connectivity index (χ4n) is 9.33. The predicted molar refractivity (Wildman–Crippen MR) is 207 cm³/mol. The van der Waals surface area contributed by atoms with Gasteiger partial charge in [0, 0.05) is 62.2 Å². The lowest BCUT2D eigenvalue weighted by molar-refractivity contribution is -0.138. The molecule has 0 aliphatic carbocycles. The van der Waals surface area contributed by atoms with Crippen LogP contribution < -0.4 is 19.3 Å². The third-order valence-electron chi connectivity index (χ3n) is 12.0. The van der Waals surface area contributed by atoms with Crippen LogP contribution in [-0.2, 0) is 21.8 Å². The SMILES string of the molecule is Cc1ccc(OC2C[C@H]3CC[C@@H](C2)N3c2ccc(C(F)(F)F)cn2)c(C2OCCO2)c1.Cc1ccc(OC2C[C@H]3CC[C@@H](C2)N3c2ccc(C(F)(F)F)cn2)c(C=O)c1. The van der Waals surface area contributed by atoms with Gasteiger partial charge in [-0.1, -0.05) is 23.3 Å². The summed E-state index contributed by atoms with van der Waals surface area (Å²) in [6, 6.07) is 17.5. The lowest BCUT2D eigenvalue weighted by Crippen LogP contribution is -2.47. The minimum absolute atomic E-state index is 0.0235. The first-order chi connectivity index (χ1) is 28.2. The molecule has 0 N–H and O–H groups in total. The number of ether oxygens (including phenoxy) is 4. The molecule has 4 aromatic rings. The number of carbonyl (C=O) groups excluding carboxylic acids is 1. The highest BCUT2D eigenvalue weighted by atomic mass is 19.4. The maximum Gasteiger partial charge on any atom is 0.417 e. The van der Waals surface area contributed by atoms with Crippen molar-refractivity contribution in [3.05, 3.63) is 106 Å². The minimum atomic E-state index is -4.38. The number of aromatic nitrogens is 2. The Hall–Kier alpha value is -4.89. The molecule has 9 nitrogen and oxygen atoms in total. The second-order valence-electron chi connectivity index (χ2n) is 16.1. The largest absolute Gasteiger partial charge is 0.490 e. The summed E-state index contributed by atoms with van der Waals surface area (Å²) in [5.74, 6) is 2.57. The molecule has 0 radical (unpaired) electrons. The Morgan fingerprint density at radius 3 is 1.49 bits per heavy atom. The molecule has 5 saturated heterocycles. The number of nitrogens with zero attached hydrogens (tertiary/aromatic N) is 4. The zero-order valence-electron chi connectivity index (χ0n) is 32.7. The summed E-state index contributed by atoms with van der Waals surface area (Å²) < 4.78 is 101. The number of benzene rings is 2. The lowest BCUT2D eigenvalue weighted by Gasteiger charge is -2.40. The number of piperidine rings is 2. The van der Waals surface area contributed by atoms with Gasteiger partial charge in [0.25, 0.3) is 0 Å². The van der Waals surface area contributed by atoms with Gasteiger partial charge in [-0.15, -0.1) is 0 Å². The van der Waals surface area contributed by atoms with E-state index in [9.17, 15) is 31.1 Å². The molecule has 6 atom stereocenters. The van der Waals surface area contributed by atoms with Crippen molar-refractivity contribution in [2.24, 2.45) is 0 Å². The summed E-state index contributed by atoms with van der Waals surface area (Å²) in [6.45, 7) is 5.09. The second-order valence-corrected chi connectivity index (χ2v) is 16.1. The molecule has 7 heterocycles. The topological polar surface area (TPSA) is 86.2 Å². The smallest absolute Gasteiger partial charge is 0.417 e. The van der Waals surface area contributed by atoms with Crippen LogP contribution in [0.1, 0.15) is 95.8 Å². The zero-order valence-corrected chi connectivity index (χ0v) is 32.7. The van der Waals surface area contributed by atoms with E-state index in [0.29, 0.717) is 36.2 Å². The number of alkyl halides is 6. The molecular formula is C44H46F6N4O5. The molecule has 0 amide bonds. The van der Waals surface area contributed by atoms with E-state index in [1.54, 1.807) is 6.07 Å². The van der Waals surface area contributed by atoms with Crippen LogP contribution in [-0.4, -0.2) is 65.8 Å². The van der Waals surface area contributed by atoms with Gasteiger partial charge >= 0.3 is 12.4 Å². The Labute approximate surface area is 338 Å². The van der Waals surface area contributed by atoms with E-state index in [-0.39, 0.29) is 36.4 Å². The average Bonchev–Trinajstić information content (AvgIpc) is 3.91. The third-order valence-corrected chi connectivity index (χ3v) is 12.0. The Bertz CT molecular complexity index is 2070. The Kier molecular flexibility index (Phi) is 11.5. The molecule has 2 aromatic carbocycles. The number of hydrogen-bond donors (Lipinski definition) is 0. The van der Waals surface area contributed by atoms with Crippen molar-refractivity contribution < 1.29 is 50.1 Å². The van der Waals surface area contributed by atoms with Crippen molar-refractivity contribution in [1.82, 2.24) is 9.97 Å². The third kappa shape index (κ3) is 9.01. The number of pyridine rings is 2. The highest BCUT2D eigenvalue weighted by Crippen LogP contribution is 2.43.